The molecule has 19 heavy (non-hydrogen) atoms. The molecule has 5 nitrogen and oxygen atoms in total. The summed E-state index contributed by atoms with van der Waals surface area (Å²) >= 11 is 0. The van der Waals surface area contributed by atoms with E-state index in [1.807, 2.05) is 31.3 Å². The summed E-state index contributed by atoms with van der Waals surface area (Å²) in [6, 6.07) is 7.67. The molecule has 0 aliphatic carbocycles. The van der Waals surface area contributed by atoms with Crippen molar-refractivity contribution < 1.29 is 9.47 Å². The van der Waals surface area contributed by atoms with E-state index in [0.717, 1.165) is 17.0 Å². The molecule has 0 amide bonds. The van der Waals surface area contributed by atoms with E-state index in [0.29, 0.717) is 12.2 Å². The van der Waals surface area contributed by atoms with Crippen molar-refractivity contribution in [2.24, 2.45) is 12.8 Å². The molecule has 0 saturated carbocycles. The number of hydrogen-bond donors (Lipinski definition) is 1. The first kappa shape index (κ1) is 13.4. The number of aryl methyl sites for hydroxylation is 1. The Morgan fingerprint density at radius 2 is 1.89 bits per heavy atom. The van der Waals surface area contributed by atoms with E-state index in [-0.39, 0.29) is 6.04 Å². The summed E-state index contributed by atoms with van der Waals surface area (Å²) in [6.45, 7) is 0. The maximum atomic E-state index is 6.28. The van der Waals surface area contributed by atoms with Crippen LogP contribution in [0.3, 0.4) is 0 Å². The highest BCUT2D eigenvalue weighted by atomic mass is 16.5. The molecule has 2 rings (SSSR count). The summed E-state index contributed by atoms with van der Waals surface area (Å²) in [6.07, 6.45) is 2.34. The molecule has 0 saturated heterocycles. The Labute approximate surface area is 112 Å². The zero-order valence-corrected chi connectivity index (χ0v) is 11.5. The predicted octanol–water partition coefficient (Wildman–Crippen LogP) is 1.68. The highest BCUT2D eigenvalue weighted by molar-refractivity contribution is 5.36. The van der Waals surface area contributed by atoms with Crippen molar-refractivity contribution in [2.45, 2.75) is 12.5 Å². The topological polar surface area (TPSA) is 62.3 Å². The Bertz CT molecular complexity index is 551. The Kier molecular flexibility index (Phi) is 4.06. The van der Waals surface area contributed by atoms with E-state index >= 15 is 0 Å². The summed E-state index contributed by atoms with van der Waals surface area (Å²) < 4.78 is 12.4. The Hall–Kier alpha value is -2.01. The van der Waals surface area contributed by atoms with Gasteiger partial charge in [-0.2, -0.15) is 5.10 Å². The fourth-order valence-corrected chi connectivity index (χ4v) is 2.21. The van der Waals surface area contributed by atoms with Gasteiger partial charge in [0, 0.05) is 7.05 Å². The van der Waals surface area contributed by atoms with Gasteiger partial charge in [0.05, 0.1) is 32.2 Å². The number of aromatic nitrogens is 2. The first-order chi connectivity index (χ1) is 9.17. The third-order valence-corrected chi connectivity index (χ3v) is 3.15. The van der Waals surface area contributed by atoms with Crippen molar-refractivity contribution in [1.29, 1.82) is 0 Å². The van der Waals surface area contributed by atoms with E-state index in [9.17, 15) is 0 Å². The molecule has 5 heteroatoms. The number of para-hydroxylation sites is 1. The fourth-order valence-electron chi connectivity index (χ4n) is 2.21. The molecule has 1 unspecified atom stereocenters. The molecule has 102 valence electrons. The van der Waals surface area contributed by atoms with Gasteiger partial charge >= 0.3 is 0 Å². The Morgan fingerprint density at radius 3 is 2.58 bits per heavy atom. The molecule has 1 aromatic heterocycles. The van der Waals surface area contributed by atoms with Gasteiger partial charge in [-0.05, 0) is 18.1 Å². The minimum Gasteiger partial charge on any atom is -0.496 e. The molecule has 2 aromatic rings. The van der Waals surface area contributed by atoms with Gasteiger partial charge in [-0.1, -0.05) is 18.2 Å². The number of nitrogens with zero attached hydrogens (tertiary/aromatic N) is 2. The summed E-state index contributed by atoms with van der Waals surface area (Å²) in [4.78, 5) is 0. The molecular weight excluding hydrogens is 242 g/mol. The number of ether oxygens (including phenoxy) is 2. The van der Waals surface area contributed by atoms with Crippen molar-refractivity contribution in [3.8, 4) is 11.5 Å². The van der Waals surface area contributed by atoms with Gasteiger partial charge in [0.15, 0.2) is 5.75 Å². The summed E-state index contributed by atoms with van der Waals surface area (Å²) in [5.41, 5.74) is 8.23. The van der Waals surface area contributed by atoms with Crippen LogP contribution in [-0.4, -0.2) is 24.0 Å². The molecular formula is C14H19N3O2. The zero-order valence-electron chi connectivity index (χ0n) is 11.5. The first-order valence-corrected chi connectivity index (χ1v) is 6.10. The molecule has 0 aliphatic rings. The average molecular weight is 261 g/mol. The monoisotopic (exact) mass is 261 g/mol. The van der Waals surface area contributed by atoms with Crippen LogP contribution in [0.2, 0.25) is 0 Å². The van der Waals surface area contributed by atoms with Crippen molar-refractivity contribution in [2.75, 3.05) is 14.2 Å². The van der Waals surface area contributed by atoms with E-state index in [1.165, 1.54) is 0 Å². The van der Waals surface area contributed by atoms with Gasteiger partial charge in [0.1, 0.15) is 5.75 Å². The molecule has 0 radical (unpaired) electrons. The minimum absolute atomic E-state index is 0.196. The number of methoxy groups -OCH3 is 2. The largest absolute Gasteiger partial charge is 0.496 e. The third-order valence-electron chi connectivity index (χ3n) is 3.15. The normalized spacial score (nSPS) is 12.2. The highest BCUT2D eigenvalue weighted by Gasteiger charge is 2.18. The van der Waals surface area contributed by atoms with Gasteiger partial charge in [-0.25, -0.2) is 0 Å². The van der Waals surface area contributed by atoms with E-state index < -0.39 is 0 Å². The summed E-state index contributed by atoms with van der Waals surface area (Å²) in [5.74, 6) is 1.56. The van der Waals surface area contributed by atoms with Crippen molar-refractivity contribution in [3.63, 3.8) is 0 Å². The molecule has 2 N–H and O–H groups in total. The van der Waals surface area contributed by atoms with Gasteiger partial charge < -0.3 is 15.2 Å². The highest BCUT2D eigenvalue weighted by Crippen LogP contribution is 2.28. The molecule has 0 bridgehead atoms. The molecule has 0 aliphatic heterocycles. The Balaban J connectivity index is 2.25. The number of rotatable bonds is 5. The van der Waals surface area contributed by atoms with Gasteiger partial charge in [0.25, 0.3) is 0 Å². The lowest BCUT2D eigenvalue weighted by Gasteiger charge is -2.15. The maximum Gasteiger partial charge on any atom is 0.161 e. The fraction of sp³-hybridized carbons (Fsp3) is 0.357. The van der Waals surface area contributed by atoms with Gasteiger partial charge in [-0.3, -0.25) is 4.68 Å². The third kappa shape index (κ3) is 2.71. The zero-order chi connectivity index (χ0) is 13.8. The molecule has 1 heterocycles. The number of hydrogen-bond acceptors (Lipinski definition) is 4. The van der Waals surface area contributed by atoms with Crippen LogP contribution in [0, 0.1) is 0 Å². The van der Waals surface area contributed by atoms with Crippen LogP contribution in [0.25, 0.3) is 0 Å². The summed E-state index contributed by atoms with van der Waals surface area (Å²) in [7, 11) is 5.14. The number of benzene rings is 1. The molecule has 0 fully saturated rings. The molecule has 1 aromatic carbocycles. The van der Waals surface area contributed by atoms with Crippen molar-refractivity contribution >= 4 is 0 Å². The second kappa shape index (κ2) is 5.75. The van der Waals surface area contributed by atoms with E-state index in [2.05, 4.69) is 5.10 Å². The van der Waals surface area contributed by atoms with Crippen LogP contribution in [0.15, 0.2) is 30.5 Å². The number of nitrogens with two attached hydrogens (primary N) is 1. The van der Waals surface area contributed by atoms with Crippen LogP contribution in [0.1, 0.15) is 17.3 Å². The molecule has 0 spiro atoms. The second-order valence-corrected chi connectivity index (χ2v) is 4.34. The van der Waals surface area contributed by atoms with Gasteiger partial charge in [0.2, 0.25) is 0 Å². The van der Waals surface area contributed by atoms with Crippen LogP contribution in [0.4, 0.5) is 0 Å². The van der Waals surface area contributed by atoms with Crippen molar-refractivity contribution in [3.05, 3.63) is 41.7 Å². The standard InChI is InChI=1S/C14H19N3O2/c1-17-14(13(19-3)9-16-17)11(15)8-10-6-4-5-7-12(10)18-2/h4-7,9,11H,8,15H2,1-3H3. The predicted molar refractivity (Wildman–Crippen MR) is 73.4 cm³/mol. The summed E-state index contributed by atoms with van der Waals surface area (Å²) in [5, 5.41) is 4.17. The average Bonchev–Trinajstić information content (AvgIpc) is 2.80. The maximum absolute atomic E-state index is 6.28. The van der Waals surface area contributed by atoms with Crippen LogP contribution in [0.5, 0.6) is 11.5 Å². The van der Waals surface area contributed by atoms with Gasteiger partial charge in [-0.15, -0.1) is 0 Å². The SMILES string of the molecule is COc1ccccc1CC(N)c1c(OC)cnn1C. The lowest BCUT2D eigenvalue weighted by Crippen LogP contribution is -2.18. The van der Waals surface area contributed by atoms with Crippen molar-refractivity contribution in [1.82, 2.24) is 9.78 Å². The minimum atomic E-state index is -0.196. The van der Waals surface area contributed by atoms with Crippen LogP contribution in [-0.2, 0) is 13.5 Å². The Morgan fingerprint density at radius 1 is 1.21 bits per heavy atom. The van der Waals surface area contributed by atoms with Crippen LogP contribution < -0.4 is 15.2 Å². The second-order valence-electron chi connectivity index (χ2n) is 4.34. The smallest absolute Gasteiger partial charge is 0.161 e. The quantitative estimate of drug-likeness (QED) is 0.889. The van der Waals surface area contributed by atoms with E-state index in [1.54, 1.807) is 25.1 Å². The first-order valence-electron chi connectivity index (χ1n) is 6.10. The van der Waals surface area contributed by atoms with E-state index in [4.69, 9.17) is 15.2 Å². The lowest BCUT2D eigenvalue weighted by molar-refractivity contribution is 0.398. The van der Waals surface area contributed by atoms with Crippen LogP contribution >= 0.6 is 0 Å². The lowest BCUT2D eigenvalue weighted by atomic mass is 10.0. The molecule has 1 atom stereocenters.